The summed E-state index contributed by atoms with van der Waals surface area (Å²) in [7, 11) is 14.4. The molecule has 0 spiro atoms. The molecule has 2 fully saturated rings. The maximum atomic E-state index is 6.92. The van der Waals surface area contributed by atoms with Gasteiger partial charge < -0.3 is 27.9 Å². The van der Waals surface area contributed by atoms with Crippen molar-refractivity contribution in [3.63, 3.8) is 0 Å². The first kappa shape index (κ1) is 41.3. The van der Waals surface area contributed by atoms with E-state index in [1.807, 2.05) is 7.05 Å². The number of nitrogens with zero attached hydrogens (tertiary/aromatic N) is 3. The van der Waals surface area contributed by atoms with Gasteiger partial charge in [0.1, 0.15) is 6.61 Å². The summed E-state index contributed by atoms with van der Waals surface area (Å²) in [5.74, 6) is 0. The predicted octanol–water partition coefficient (Wildman–Crippen LogP) is 5.22. The maximum Gasteiger partial charge on any atom is 0.259 e. The van der Waals surface area contributed by atoms with Gasteiger partial charge in [-0.05, 0) is 88.1 Å². The van der Waals surface area contributed by atoms with Crippen LogP contribution in [0.3, 0.4) is 0 Å². The van der Waals surface area contributed by atoms with Crippen LogP contribution in [0, 0.1) is 6.57 Å². The van der Waals surface area contributed by atoms with Crippen molar-refractivity contribution in [3.8, 4) is 0 Å². The Kier molecular flexibility index (Phi) is 21.1. The first-order chi connectivity index (χ1) is 20.4. The van der Waals surface area contributed by atoms with Gasteiger partial charge in [0.2, 0.25) is 6.54 Å². The Morgan fingerprint density at radius 3 is 1.63 bits per heavy atom. The van der Waals surface area contributed by atoms with E-state index in [2.05, 4.69) is 88.5 Å². The quantitative estimate of drug-likeness (QED) is 0.0955. The average molecular weight is 634 g/mol. The SMILES string of the molecule is [B][B][C@H]1C[C@@H](OP(NC)N(C(C)C)C(C)C)[C@@H](CC)O1.[B][B][C@H]1C[C@@H](OP(OCC[N+]#[C-])N(C(C)C)C(C)C)[C@@H](CC)O1. The summed E-state index contributed by atoms with van der Waals surface area (Å²) < 4.78 is 35.0. The van der Waals surface area contributed by atoms with E-state index in [9.17, 15) is 0 Å². The number of rotatable bonds is 18. The van der Waals surface area contributed by atoms with Crippen molar-refractivity contribution in [2.45, 2.75) is 156 Å². The largest absolute Gasteiger partial charge is 0.382 e. The summed E-state index contributed by atoms with van der Waals surface area (Å²) in [6.45, 7) is 29.2. The molecule has 6 radical (unpaired) electrons. The van der Waals surface area contributed by atoms with Crippen molar-refractivity contribution in [1.29, 1.82) is 0 Å². The highest BCUT2D eigenvalue weighted by molar-refractivity contribution is 7.47. The van der Waals surface area contributed by atoms with E-state index in [1.54, 1.807) is 14.3 Å². The normalized spacial score (nSPS) is 27.2. The Labute approximate surface area is 270 Å². The molecule has 240 valence electrons. The van der Waals surface area contributed by atoms with Gasteiger partial charge in [-0.1, -0.05) is 13.8 Å². The van der Waals surface area contributed by atoms with Crippen LogP contribution in [0.2, 0.25) is 0 Å². The molecule has 0 bridgehead atoms. The predicted molar refractivity (Wildman–Crippen MR) is 184 cm³/mol. The van der Waals surface area contributed by atoms with E-state index in [0.717, 1.165) is 25.7 Å². The third-order valence-electron chi connectivity index (χ3n) is 7.26. The molecule has 8 atom stereocenters. The lowest BCUT2D eigenvalue weighted by atomic mass is 9.51. The fourth-order valence-electron chi connectivity index (χ4n) is 5.46. The number of ether oxygens (including phenoxy) is 2. The van der Waals surface area contributed by atoms with Crippen molar-refractivity contribution in [3.05, 3.63) is 11.4 Å². The molecular formula is C28H56B4N4O5P2. The standard InChI is InChI=1S/C15H28B2N2O3P.C13H28B2N2O2P/c1-7-13-14(10-15(17-16)21-13)22-23(20-9-8-18-6)19(11(2)3)12(4)5;1-7-11-12(8-13(15-14)18-11)19-20(16-6)17(9(2)3)10(4)5/h11-15H,7-10H2,1-5H3;9-13,16H,7-8H2,1-6H3/t13-,14-,15-,23?;11-,12-,13-,20?/m11/s1. The van der Waals surface area contributed by atoms with Gasteiger partial charge in [-0.2, -0.15) is 0 Å². The monoisotopic (exact) mass is 634 g/mol. The van der Waals surface area contributed by atoms with E-state index in [1.165, 1.54) is 0 Å². The maximum absolute atomic E-state index is 6.92. The Morgan fingerprint density at radius 1 is 0.837 bits per heavy atom. The molecule has 1 N–H and O–H groups in total. The zero-order valence-corrected chi connectivity index (χ0v) is 30.4. The van der Waals surface area contributed by atoms with Crippen LogP contribution < -0.4 is 5.09 Å². The first-order valence-electron chi connectivity index (χ1n) is 15.9. The van der Waals surface area contributed by atoms with Crippen molar-refractivity contribution in [1.82, 2.24) is 14.4 Å². The highest BCUT2D eigenvalue weighted by Crippen LogP contribution is 2.49. The Hall–Kier alpha value is 0.290. The van der Waals surface area contributed by atoms with Crippen LogP contribution in [-0.2, 0) is 23.0 Å². The number of hydrogen-bond donors (Lipinski definition) is 1. The summed E-state index contributed by atoms with van der Waals surface area (Å²) in [5, 5.41) is 3.34. The van der Waals surface area contributed by atoms with Gasteiger partial charge in [0.25, 0.3) is 8.53 Å². The molecule has 0 aliphatic carbocycles. The molecule has 2 saturated heterocycles. The van der Waals surface area contributed by atoms with E-state index in [4.69, 9.17) is 45.1 Å². The molecule has 2 aliphatic heterocycles. The molecule has 2 aliphatic rings. The lowest BCUT2D eigenvalue weighted by Crippen LogP contribution is -2.38. The zero-order chi connectivity index (χ0) is 32.7. The molecule has 0 aromatic carbocycles. The van der Waals surface area contributed by atoms with Crippen molar-refractivity contribution >= 4 is 46.8 Å². The molecular weight excluding hydrogens is 578 g/mol. The van der Waals surface area contributed by atoms with Gasteiger partial charge in [0, 0.05) is 51.6 Å². The second-order valence-electron chi connectivity index (χ2n) is 12.0. The zero-order valence-electron chi connectivity index (χ0n) is 28.6. The molecule has 43 heavy (non-hydrogen) atoms. The lowest BCUT2D eigenvalue weighted by Gasteiger charge is -2.38. The van der Waals surface area contributed by atoms with Crippen LogP contribution in [0.1, 0.15) is 94.9 Å². The minimum atomic E-state index is -1.23. The van der Waals surface area contributed by atoms with Gasteiger partial charge in [0.15, 0.2) is 8.45 Å². The van der Waals surface area contributed by atoms with E-state index in [-0.39, 0.29) is 36.4 Å². The summed E-state index contributed by atoms with van der Waals surface area (Å²) in [6.07, 6.45) is 3.69. The molecule has 2 unspecified atom stereocenters. The molecule has 15 heteroatoms. The summed E-state index contributed by atoms with van der Waals surface area (Å²) in [5.41, 5.74) is 0. The molecule has 0 saturated carbocycles. The topological polar surface area (TPSA) is 69.0 Å². The highest BCUT2D eigenvalue weighted by atomic mass is 31.2. The van der Waals surface area contributed by atoms with Gasteiger partial charge in [0.05, 0.1) is 38.8 Å². The van der Waals surface area contributed by atoms with Crippen LogP contribution in [0.5, 0.6) is 0 Å². The summed E-state index contributed by atoms with van der Waals surface area (Å²) in [4.78, 5) is 3.36. The Balaban J connectivity index is 0.000000434. The smallest absolute Gasteiger partial charge is 0.259 e. The lowest BCUT2D eigenvalue weighted by molar-refractivity contribution is 0.0316. The Bertz CT molecular complexity index is 774. The van der Waals surface area contributed by atoms with E-state index in [0.29, 0.717) is 37.3 Å². The first-order valence-corrected chi connectivity index (χ1v) is 18.3. The van der Waals surface area contributed by atoms with Gasteiger partial charge >= 0.3 is 0 Å². The molecule has 0 aromatic heterocycles. The second-order valence-corrected chi connectivity index (χ2v) is 15.0. The van der Waals surface area contributed by atoms with Gasteiger partial charge in [-0.25, -0.2) is 15.9 Å². The summed E-state index contributed by atoms with van der Waals surface area (Å²) >= 11 is 0. The van der Waals surface area contributed by atoms with E-state index >= 15 is 0 Å². The van der Waals surface area contributed by atoms with E-state index < -0.39 is 17.0 Å². The second kappa shape index (κ2) is 22.0. The third-order valence-corrected chi connectivity index (χ3v) is 11.6. The van der Waals surface area contributed by atoms with Crippen molar-refractivity contribution < 1.29 is 23.0 Å². The van der Waals surface area contributed by atoms with Crippen LogP contribution in [0.25, 0.3) is 4.85 Å². The van der Waals surface area contributed by atoms with Crippen molar-refractivity contribution in [2.24, 2.45) is 0 Å². The molecule has 2 heterocycles. The Morgan fingerprint density at radius 2 is 1.28 bits per heavy atom. The highest BCUT2D eigenvalue weighted by Gasteiger charge is 2.39. The van der Waals surface area contributed by atoms with Gasteiger partial charge in [-0.15, -0.1) is 0 Å². The molecule has 0 aromatic rings. The fraction of sp³-hybridized carbons (Fsp3) is 0.964. The van der Waals surface area contributed by atoms with Crippen LogP contribution in [-0.4, -0.2) is 120 Å². The number of hydrogen-bond acceptors (Lipinski definition) is 8. The fourth-order valence-corrected chi connectivity index (χ4v) is 8.97. The van der Waals surface area contributed by atoms with Crippen molar-refractivity contribution in [2.75, 3.05) is 20.2 Å². The minimum Gasteiger partial charge on any atom is -0.382 e. The van der Waals surface area contributed by atoms with Crippen LogP contribution in [0.4, 0.5) is 0 Å². The average Bonchev–Trinajstić information content (AvgIpc) is 3.55. The van der Waals surface area contributed by atoms with Crippen LogP contribution >= 0.6 is 17.0 Å². The van der Waals surface area contributed by atoms with Crippen LogP contribution in [0.15, 0.2) is 0 Å². The summed E-state index contributed by atoms with van der Waals surface area (Å²) in [6, 6.07) is 1.43. The third kappa shape index (κ3) is 13.5. The molecule has 9 nitrogen and oxygen atoms in total. The minimum absolute atomic E-state index is 0.0187. The number of nitrogens with one attached hydrogen (secondary N) is 1. The van der Waals surface area contributed by atoms with Gasteiger partial charge in [-0.3, -0.25) is 5.09 Å². The molecule has 0 amide bonds. The molecule has 2 rings (SSSR count).